The molecule has 23 heavy (non-hydrogen) atoms. The highest BCUT2D eigenvalue weighted by Crippen LogP contribution is 2.28. The molecule has 1 saturated carbocycles. The highest BCUT2D eigenvalue weighted by atomic mass is 16.6. The van der Waals surface area contributed by atoms with Crippen LogP contribution in [-0.4, -0.2) is 29.4 Å². The van der Waals surface area contributed by atoms with Crippen LogP contribution in [0.25, 0.3) is 0 Å². The summed E-state index contributed by atoms with van der Waals surface area (Å²) in [5, 5.41) is 15.6. The molecule has 2 rings (SSSR count). The minimum atomic E-state index is -0.470. The van der Waals surface area contributed by atoms with E-state index in [1.807, 2.05) is 45.0 Å². The lowest BCUT2D eigenvalue weighted by molar-refractivity contribution is 0.0519. The Labute approximate surface area is 138 Å². The second kappa shape index (κ2) is 7.68. The molecule has 1 aliphatic carbocycles. The van der Waals surface area contributed by atoms with Gasteiger partial charge in [0.2, 0.25) is 0 Å². The molecule has 0 radical (unpaired) electrons. The zero-order chi connectivity index (χ0) is 16.9. The second-order valence-electron chi connectivity index (χ2n) is 7.18. The molecule has 0 saturated heterocycles. The van der Waals surface area contributed by atoms with E-state index in [-0.39, 0.29) is 12.7 Å². The lowest BCUT2D eigenvalue weighted by Gasteiger charge is -2.24. The van der Waals surface area contributed by atoms with Crippen molar-refractivity contribution in [1.29, 1.82) is 0 Å². The van der Waals surface area contributed by atoms with Crippen molar-refractivity contribution in [2.75, 3.05) is 11.9 Å². The third-order valence-corrected chi connectivity index (χ3v) is 4.03. The van der Waals surface area contributed by atoms with Crippen LogP contribution in [0.1, 0.15) is 45.6 Å². The Morgan fingerprint density at radius 1 is 1.35 bits per heavy atom. The number of aliphatic hydroxyl groups excluding tert-OH is 1. The first-order chi connectivity index (χ1) is 10.9. The number of hydrogen-bond donors (Lipinski definition) is 3. The molecule has 0 heterocycles. The molecule has 5 nitrogen and oxygen atoms in total. The molecule has 0 aliphatic heterocycles. The van der Waals surface area contributed by atoms with E-state index in [9.17, 15) is 9.90 Å². The Hall–Kier alpha value is -1.75. The summed E-state index contributed by atoms with van der Waals surface area (Å²) < 4.78 is 5.28. The molecule has 3 N–H and O–H groups in total. The van der Waals surface area contributed by atoms with Crippen LogP contribution in [0.2, 0.25) is 0 Å². The van der Waals surface area contributed by atoms with E-state index in [4.69, 9.17) is 4.74 Å². The fraction of sp³-hybridized carbons (Fsp3) is 0.611. The van der Waals surface area contributed by atoms with Gasteiger partial charge in [-0.3, -0.25) is 0 Å². The number of rotatable bonds is 5. The van der Waals surface area contributed by atoms with E-state index in [0.29, 0.717) is 18.5 Å². The molecular weight excluding hydrogens is 292 g/mol. The summed E-state index contributed by atoms with van der Waals surface area (Å²) in [5.41, 5.74) is 1.45. The van der Waals surface area contributed by atoms with Gasteiger partial charge in [-0.15, -0.1) is 0 Å². The van der Waals surface area contributed by atoms with Gasteiger partial charge >= 0.3 is 6.09 Å². The summed E-state index contributed by atoms with van der Waals surface area (Å²) in [4.78, 5) is 11.8. The van der Waals surface area contributed by atoms with Gasteiger partial charge in [0, 0.05) is 18.3 Å². The molecular formula is C18H28N2O3. The highest BCUT2D eigenvalue weighted by Gasteiger charge is 2.28. The summed E-state index contributed by atoms with van der Waals surface area (Å²) in [6.45, 7) is 6.25. The normalized spacial score (nSPS) is 21.0. The monoisotopic (exact) mass is 320 g/mol. The molecule has 2 unspecified atom stereocenters. The number of ether oxygens (including phenoxy) is 1. The molecule has 5 heteroatoms. The van der Waals surface area contributed by atoms with Crippen molar-refractivity contribution >= 4 is 11.8 Å². The third-order valence-electron chi connectivity index (χ3n) is 4.03. The summed E-state index contributed by atoms with van der Waals surface area (Å²) in [5.74, 6) is 0.389. The number of hydrogen-bond acceptors (Lipinski definition) is 4. The number of alkyl carbamates (subject to hydrolysis) is 1. The van der Waals surface area contributed by atoms with Crippen molar-refractivity contribution in [3.8, 4) is 0 Å². The second-order valence-corrected chi connectivity index (χ2v) is 7.18. The van der Waals surface area contributed by atoms with Crippen LogP contribution < -0.4 is 10.6 Å². The third kappa shape index (κ3) is 5.75. The van der Waals surface area contributed by atoms with Crippen molar-refractivity contribution in [2.45, 2.75) is 58.3 Å². The minimum absolute atomic E-state index is 0.0455. The fourth-order valence-electron chi connectivity index (χ4n) is 2.97. The zero-order valence-corrected chi connectivity index (χ0v) is 14.3. The molecule has 0 aromatic heterocycles. The van der Waals surface area contributed by atoms with Crippen LogP contribution in [-0.2, 0) is 11.3 Å². The van der Waals surface area contributed by atoms with Crippen molar-refractivity contribution in [1.82, 2.24) is 5.32 Å². The van der Waals surface area contributed by atoms with Crippen molar-refractivity contribution < 1.29 is 14.6 Å². The van der Waals surface area contributed by atoms with Crippen LogP contribution in [0, 0.1) is 5.92 Å². The van der Waals surface area contributed by atoms with E-state index >= 15 is 0 Å². The quantitative estimate of drug-likeness (QED) is 0.778. The van der Waals surface area contributed by atoms with Gasteiger partial charge < -0.3 is 20.5 Å². The van der Waals surface area contributed by atoms with Crippen LogP contribution in [0.3, 0.4) is 0 Å². The first-order valence-corrected chi connectivity index (χ1v) is 8.30. The molecule has 0 spiro atoms. The summed E-state index contributed by atoms with van der Waals surface area (Å²) in [6, 6.07) is 8.16. The topological polar surface area (TPSA) is 70.6 Å². The predicted molar refractivity (Wildman–Crippen MR) is 91.4 cm³/mol. The maximum atomic E-state index is 11.8. The fourth-order valence-corrected chi connectivity index (χ4v) is 2.97. The smallest absolute Gasteiger partial charge is 0.407 e. The number of amides is 1. The molecule has 1 aromatic carbocycles. The maximum Gasteiger partial charge on any atom is 0.407 e. The zero-order valence-electron chi connectivity index (χ0n) is 14.3. The Morgan fingerprint density at radius 3 is 2.83 bits per heavy atom. The number of nitrogens with one attached hydrogen (secondary N) is 2. The summed E-state index contributed by atoms with van der Waals surface area (Å²) in [7, 11) is 0. The molecule has 128 valence electrons. The Kier molecular flexibility index (Phi) is 5.88. The lowest BCUT2D eigenvalue weighted by Crippen LogP contribution is -2.38. The molecule has 2 atom stereocenters. The van der Waals surface area contributed by atoms with Crippen molar-refractivity contribution in [2.24, 2.45) is 5.92 Å². The van der Waals surface area contributed by atoms with E-state index < -0.39 is 5.60 Å². The van der Waals surface area contributed by atoms with E-state index in [1.54, 1.807) is 0 Å². The Morgan fingerprint density at radius 2 is 2.13 bits per heavy atom. The minimum Gasteiger partial charge on any atom is -0.444 e. The largest absolute Gasteiger partial charge is 0.444 e. The molecule has 0 bridgehead atoms. The van der Waals surface area contributed by atoms with Crippen LogP contribution in [0.4, 0.5) is 10.5 Å². The van der Waals surface area contributed by atoms with Gasteiger partial charge in [-0.2, -0.15) is 0 Å². The predicted octanol–water partition coefficient (Wildman–Crippen LogP) is 3.28. The average Bonchev–Trinajstić information content (AvgIpc) is 2.91. The van der Waals surface area contributed by atoms with Crippen LogP contribution >= 0.6 is 0 Å². The average molecular weight is 320 g/mol. The summed E-state index contributed by atoms with van der Waals surface area (Å²) >= 11 is 0. The standard InChI is InChI=1S/C18H28N2O3/c1-18(2,3)23-17(22)19-11-14-7-5-9-16(14)20-15-8-4-6-13(10-15)12-21/h4,6,8,10,14,16,20-21H,5,7,9,11-12H2,1-3H3,(H,19,22). The first kappa shape index (κ1) is 17.6. The SMILES string of the molecule is CC(C)(C)OC(=O)NCC1CCCC1Nc1cccc(CO)c1. The highest BCUT2D eigenvalue weighted by molar-refractivity contribution is 5.67. The van der Waals surface area contributed by atoms with E-state index in [2.05, 4.69) is 10.6 Å². The lowest BCUT2D eigenvalue weighted by atomic mass is 10.0. The molecule has 1 aliphatic rings. The first-order valence-electron chi connectivity index (χ1n) is 8.30. The number of carbonyl (C=O) groups excluding carboxylic acids is 1. The Bertz CT molecular complexity index is 525. The van der Waals surface area contributed by atoms with Crippen molar-refractivity contribution in [3.05, 3.63) is 29.8 Å². The van der Waals surface area contributed by atoms with Crippen LogP contribution in [0.15, 0.2) is 24.3 Å². The number of carbonyl (C=O) groups is 1. The molecule has 1 aromatic rings. The van der Waals surface area contributed by atoms with E-state index in [0.717, 1.165) is 30.5 Å². The van der Waals surface area contributed by atoms with E-state index in [1.165, 1.54) is 0 Å². The summed E-state index contributed by atoms with van der Waals surface area (Å²) in [6.07, 6.45) is 2.97. The van der Waals surface area contributed by atoms with Gasteiger partial charge in [0.15, 0.2) is 0 Å². The van der Waals surface area contributed by atoms with Gasteiger partial charge in [-0.25, -0.2) is 4.79 Å². The van der Waals surface area contributed by atoms with Gasteiger partial charge in [0.05, 0.1) is 6.61 Å². The number of aliphatic hydroxyl groups is 1. The number of anilines is 1. The van der Waals surface area contributed by atoms with Gasteiger partial charge in [-0.05, 0) is 57.2 Å². The van der Waals surface area contributed by atoms with Gasteiger partial charge in [-0.1, -0.05) is 18.6 Å². The van der Waals surface area contributed by atoms with Gasteiger partial charge in [0.1, 0.15) is 5.60 Å². The Balaban J connectivity index is 1.86. The molecule has 1 amide bonds. The maximum absolute atomic E-state index is 11.8. The van der Waals surface area contributed by atoms with Crippen molar-refractivity contribution in [3.63, 3.8) is 0 Å². The molecule has 1 fully saturated rings. The van der Waals surface area contributed by atoms with Crippen LogP contribution in [0.5, 0.6) is 0 Å². The number of benzene rings is 1. The van der Waals surface area contributed by atoms with Gasteiger partial charge in [0.25, 0.3) is 0 Å².